The van der Waals surface area contributed by atoms with Gasteiger partial charge in [-0.15, -0.1) is 0 Å². The zero-order valence-corrected chi connectivity index (χ0v) is 8.54. The number of likely N-dealkylation sites (tertiary alicyclic amines) is 1. The molecule has 0 aromatic rings. The standard InChI is InChI=1S/C11H18N2O/c14-11-10-6-8(12-11)7-13(10)9-4-2-1-3-5-9/h8-10H,1-7H2,(H,12,14)/t8-,10-/m1/s1. The molecule has 0 unspecified atom stereocenters. The Hall–Kier alpha value is -0.570. The molecule has 2 saturated heterocycles. The number of piperazine rings is 1. The first kappa shape index (κ1) is 8.72. The van der Waals surface area contributed by atoms with Gasteiger partial charge in [0.05, 0.1) is 6.04 Å². The van der Waals surface area contributed by atoms with Crippen LogP contribution in [-0.2, 0) is 4.79 Å². The van der Waals surface area contributed by atoms with Gasteiger partial charge >= 0.3 is 0 Å². The topological polar surface area (TPSA) is 32.3 Å². The zero-order valence-electron chi connectivity index (χ0n) is 8.54. The summed E-state index contributed by atoms with van der Waals surface area (Å²) in [6.07, 6.45) is 7.81. The van der Waals surface area contributed by atoms with Crippen LogP contribution in [0, 0.1) is 0 Å². The van der Waals surface area contributed by atoms with Gasteiger partial charge in [0.25, 0.3) is 0 Å². The van der Waals surface area contributed by atoms with Crippen LogP contribution >= 0.6 is 0 Å². The van der Waals surface area contributed by atoms with E-state index in [1.54, 1.807) is 0 Å². The molecule has 0 spiro atoms. The van der Waals surface area contributed by atoms with Crippen molar-refractivity contribution in [2.24, 2.45) is 0 Å². The summed E-state index contributed by atoms with van der Waals surface area (Å²) in [6.45, 7) is 1.11. The predicted octanol–water partition coefficient (Wildman–Crippen LogP) is 0.892. The number of carbonyl (C=O) groups excluding carboxylic acids is 1. The first-order valence-electron chi connectivity index (χ1n) is 5.91. The number of rotatable bonds is 1. The Kier molecular flexibility index (Phi) is 2.01. The summed E-state index contributed by atoms with van der Waals surface area (Å²) in [5.41, 5.74) is 0. The molecule has 3 fully saturated rings. The van der Waals surface area contributed by atoms with Crippen LogP contribution in [0.5, 0.6) is 0 Å². The van der Waals surface area contributed by atoms with Crippen LogP contribution in [-0.4, -0.2) is 35.5 Å². The minimum atomic E-state index is 0.225. The van der Waals surface area contributed by atoms with Crippen LogP contribution in [0.1, 0.15) is 38.5 Å². The van der Waals surface area contributed by atoms with E-state index in [1.807, 2.05) is 0 Å². The highest BCUT2D eigenvalue weighted by molar-refractivity contribution is 5.85. The van der Waals surface area contributed by atoms with Crippen LogP contribution in [0.25, 0.3) is 0 Å². The zero-order chi connectivity index (χ0) is 9.54. The summed E-state index contributed by atoms with van der Waals surface area (Å²) in [4.78, 5) is 14.0. The second kappa shape index (κ2) is 3.23. The molecule has 2 atom stereocenters. The van der Waals surface area contributed by atoms with Gasteiger partial charge in [-0.2, -0.15) is 0 Å². The van der Waals surface area contributed by atoms with E-state index in [0.29, 0.717) is 12.1 Å². The SMILES string of the molecule is O=C1N[C@@H]2C[C@H]1N(C1CCCCC1)C2. The van der Waals surface area contributed by atoms with Crippen molar-refractivity contribution in [3.63, 3.8) is 0 Å². The number of nitrogens with zero attached hydrogens (tertiary/aromatic N) is 1. The molecule has 3 aliphatic rings. The maximum Gasteiger partial charge on any atom is 0.237 e. The van der Waals surface area contributed by atoms with Crippen LogP contribution in [0.2, 0.25) is 0 Å². The molecular formula is C11H18N2O. The second-order valence-corrected chi connectivity index (χ2v) is 4.95. The van der Waals surface area contributed by atoms with Gasteiger partial charge in [0, 0.05) is 18.6 Å². The quantitative estimate of drug-likeness (QED) is 0.672. The predicted molar refractivity (Wildman–Crippen MR) is 53.9 cm³/mol. The van der Waals surface area contributed by atoms with Crippen molar-refractivity contribution in [3.8, 4) is 0 Å². The van der Waals surface area contributed by atoms with Gasteiger partial charge in [-0.25, -0.2) is 0 Å². The molecule has 3 heteroatoms. The first-order chi connectivity index (χ1) is 6.84. The molecule has 1 saturated carbocycles. The Morgan fingerprint density at radius 1 is 1.21 bits per heavy atom. The van der Waals surface area contributed by atoms with E-state index in [-0.39, 0.29) is 11.9 Å². The highest BCUT2D eigenvalue weighted by atomic mass is 16.2. The fraction of sp³-hybridized carbons (Fsp3) is 0.909. The lowest BCUT2D eigenvalue weighted by atomic mass is 9.93. The maximum atomic E-state index is 11.5. The molecule has 78 valence electrons. The van der Waals surface area contributed by atoms with Crippen molar-refractivity contribution < 1.29 is 4.79 Å². The summed E-state index contributed by atoms with van der Waals surface area (Å²) in [7, 11) is 0. The Morgan fingerprint density at radius 2 is 2.00 bits per heavy atom. The monoisotopic (exact) mass is 194 g/mol. The molecule has 14 heavy (non-hydrogen) atoms. The Labute approximate surface area is 84.8 Å². The van der Waals surface area contributed by atoms with E-state index in [0.717, 1.165) is 13.0 Å². The largest absolute Gasteiger partial charge is 0.351 e. The van der Waals surface area contributed by atoms with Crippen molar-refractivity contribution in [2.75, 3.05) is 6.54 Å². The summed E-state index contributed by atoms with van der Waals surface area (Å²) >= 11 is 0. The summed E-state index contributed by atoms with van der Waals surface area (Å²) in [5, 5.41) is 3.04. The fourth-order valence-electron chi connectivity index (χ4n) is 3.34. The highest BCUT2D eigenvalue weighted by Gasteiger charge is 2.46. The lowest BCUT2D eigenvalue weighted by Crippen LogP contribution is -2.52. The van der Waals surface area contributed by atoms with Crippen molar-refractivity contribution in [3.05, 3.63) is 0 Å². The molecule has 3 nitrogen and oxygen atoms in total. The van der Waals surface area contributed by atoms with Gasteiger partial charge in [-0.05, 0) is 19.3 Å². The summed E-state index contributed by atoms with van der Waals surface area (Å²) in [5.74, 6) is 0.284. The number of nitrogens with one attached hydrogen (secondary N) is 1. The molecule has 3 rings (SSSR count). The lowest BCUT2D eigenvalue weighted by Gasteiger charge is -2.36. The van der Waals surface area contributed by atoms with E-state index in [4.69, 9.17) is 0 Å². The molecule has 0 aromatic heterocycles. The number of fused-ring (bicyclic) bond motifs is 2. The smallest absolute Gasteiger partial charge is 0.237 e. The van der Waals surface area contributed by atoms with Crippen LogP contribution in [0.15, 0.2) is 0 Å². The average Bonchev–Trinajstić information content (AvgIpc) is 2.77. The van der Waals surface area contributed by atoms with Crippen LogP contribution in [0.4, 0.5) is 0 Å². The van der Waals surface area contributed by atoms with Gasteiger partial charge in [0.15, 0.2) is 0 Å². The fourth-order valence-corrected chi connectivity index (χ4v) is 3.34. The van der Waals surface area contributed by atoms with E-state index < -0.39 is 0 Å². The van der Waals surface area contributed by atoms with Gasteiger partial charge in [0.1, 0.15) is 0 Å². The molecule has 2 heterocycles. The summed E-state index contributed by atoms with van der Waals surface area (Å²) in [6, 6.07) is 1.40. The molecule has 0 aromatic carbocycles. The Bertz CT molecular complexity index is 248. The minimum absolute atomic E-state index is 0.225. The molecule has 1 N–H and O–H groups in total. The van der Waals surface area contributed by atoms with Crippen LogP contribution in [0.3, 0.4) is 0 Å². The van der Waals surface area contributed by atoms with Crippen molar-refractivity contribution >= 4 is 5.91 Å². The van der Waals surface area contributed by atoms with Gasteiger partial charge in [-0.1, -0.05) is 19.3 Å². The van der Waals surface area contributed by atoms with E-state index in [9.17, 15) is 4.79 Å². The second-order valence-electron chi connectivity index (χ2n) is 4.95. The number of amides is 1. The summed E-state index contributed by atoms with van der Waals surface area (Å²) < 4.78 is 0. The number of carbonyl (C=O) groups is 1. The first-order valence-corrected chi connectivity index (χ1v) is 5.91. The third-order valence-corrected chi connectivity index (χ3v) is 4.03. The van der Waals surface area contributed by atoms with Crippen molar-refractivity contribution in [1.82, 2.24) is 10.2 Å². The van der Waals surface area contributed by atoms with Gasteiger partial charge in [0.2, 0.25) is 5.91 Å². The van der Waals surface area contributed by atoms with Crippen molar-refractivity contribution in [1.29, 1.82) is 0 Å². The molecule has 2 bridgehead atoms. The maximum absolute atomic E-state index is 11.5. The third-order valence-electron chi connectivity index (χ3n) is 4.03. The molecular weight excluding hydrogens is 176 g/mol. The molecule has 1 amide bonds. The molecule has 1 aliphatic carbocycles. The van der Waals surface area contributed by atoms with Crippen LogP contribution < -0.4 is 5.32 Å². The van der Waals surface area contributed by atoms with E-state index in [1.165, 1.54) is 32.1 Å². The van der Waals surface area contributed by atoms with Crippen molar-refractivity contribution in [2.45, 2.75) is 56.7 Å². The number of hydrogen-bond acceptors (Lipinski definition) is 2. The van der Waals surface area contributed by atoms with E-state index >= 15 is 0 Å². The molecule has 2 aliphatic heterocycles. The average molecular weight is 194 g/mol. The normalized spacial score (nSPS) is 39.0. The van der Waals surface area contributed by atoms with E-state index in [2.05, 4.69) is 10.2 Å². The third kappa shape index (κ3) is 1.26. The highest BCUT2D eigenvalue weighted by Crippen LogP contribution is 2.32. The van der Waals surface area contributed by atoms with Gasteiger partial charge < -0.3 is 5.32 Å². The Morgan fingerprint density at radius 3 is 2.64 bits per heavy atom. The Balaban J connectivity index is 1.70. The number of hydrogen-bond donors (Lipinski definition) is 1. The minimum Gasteiger partial charge on any atom is -0.351 e. The lowest BCUT2D eigenvalue weighted by molar-refractivity contribution is -0.126. The van der Waals surface area contributed by atoms with Gasteiger partial charge in [-0.3, -0.25) is 9.69 Å². The molecule has 0 radical (unpaired) electrons.